The van der Waals surface area contributed by atoms with Crippen LogP contribution in [0.25, 0.3) is 0 Å². The molecular formula is C55H105N5O2. The summed E-state index contributed by atoms with van der Waals surface area (Å²) in [5.41, 5.74) is 0. The van der Waals surface area contributed by atoms with E-state index >= 15 is 0 Å². The number of unbranched alkanes of at least 4 members (excludes halogenated alkanes) is 34. The van der Waals surface area contributed by atoms with Crippen LogP contribution in [0.15, 0.2) is 0 Å². The Labute approximate surface area is 387 Å². The van der Waals surface area contributed by atoms with Crippen molar-refractivity contribution in [1.82, 2.24) is 15.1 Å². The fraction of sp³-hybridized carbons (Fsp3) is 0.927. The zero-order valence-electron chi connectivity index (χ0n) is 41.8. The average molecular weight is 868 g/mol. The van der Waals surface area contributed by atoms with Gasteiger partial charge in [-0.1, -0.05) is 226 Å². The summed E-state index contributed by atoms with van der Waals surface area (Å²) < 4.78 is 0. The van der Waals surface area contributed by atoms with E-state index in [0.29, 0.717) is 44.4 Å². The van der Waals surface area contributed by atoms with Gasteiger partial charge in [0.2, 0.25) is 5.91 Å². The largest absolute Gasteiger partial charge is 0.356 e. The molecule has 0 unspecified atom stereocenters. The van der Waals surface area contributed by atoms with E-state index in [-0.39, 0.29) is 5.91 Å². The molecule has 1 N–H and O–H groups in total. The van der Waals surface area contributed by atoms with E-state index < -0.39 is 0 Å². The molecule has 0 atom stereocenters. The zero-order valence-corrected chi connectivity index (χ0v) is 41.8. The van der Waals surface area contributed by atoms with Gasteiger partial charge in [0.05, 0.1) is 12.1 Å². The molecule has 7 nitrogen and oxygen atoms in total. The van der Waals surface area contributed by atoms with E-state index in [9.17, 15) is 20.1 Å². The molecule has 0 radical (unpaired) electrons. The van der Waals surface area contributed by atoms with Gasteiger partial charge in [-0.3, -0.25) is 9.59 Å². The quantitative estimate of drug-likeness (QED) is 0.0611. The summed E-state index contributed by atoms with van der Waals surface area (Å²) in [6.45, 7) is 10.1. The highest BCUT2D eigenvalue weighted by Gasteiger charge is 2.11. The number of amides is 1. The Morgan fingerprint density at radius 1 is 0.355 bits per heavy atom. The molecule has 0 bridgehead atoms. The monoisotopic (exact) mass is 868 g/mol. The van der Waals surface area contributed by atoms with Crippen molar-refractivity contribution in [2.24, 2.45) is 0 Å². The number of ketones is 1. The summed E-state index contributed by atoms with van der Waals surface area (Å²) in [6.07, 6.45) is 51.8. The Morgan fingerprint density at radius 2 is 0.661 bits per heavy atom. The third-order valence-electron chi connectivity index (χ3n) is 13.1. The summed E-state index contributed by atoms with van der Waals surface area (Å²) in [4.78, 5) is 29.8. The number of hydrogen-bond donors (Lipinski definition) is 1. The molecular weight excluding hydrogens is 763 g/mol. The highest BCUT2D eigenvalue weighted by atomic mass is 16.1. The van der Waals surface area contributed by atoms with Gasteiger partial charge in [-0.15, -0.1) is 0 Å². The van der Waals surface area contributed by atoms with E-state index in [2.05, 4.69) is 41.1 Å². The van der Waals surface area contributed by atoms with Crippen molar-refractivity contribution in [3.63, 3.8) is 0 Å². The van der Waals surface area contributed by atoms with Crippen molar-refractivity contribution in [3.05, 3.63) is 0 Å². The SMILES string of the molecule is CCCCCCCCCCCCCCCCCCCC(=O)CCN(CCC#N)CCCCCCN(CCC#N)CCC(=O)NCCCCCCCCCCCCCCCCCC. The minimum atomic E-state index is 0.129. The van der Waals surface area contributed by atoms with Gasteiger partial charge in [-0.2, -0.15) is 10.5 Å². The van der Waals surface area contributed by atoms with Crippen LogP contribution in [-0.4, -0.2) is 67.3 Å². The van der Waals surface area contributed by atoms with Crippen LogP contribution in [0.3, 0.4) is 0 Å². The molecule has 0 aliphatic carbocycles. The smallest absolute Gasteiger partial charge is 0.221 e. The lowest BCUT2D eigenvalue weighted by atomic mass is 10.0. The number of carbonyl (C=O) groups excluding carboxylic acids is 2. The van der Waals surface area contributed by atoms with Gasteiger partial charge in [-0.25, -0.2) is 0 Å². The molecule has 0 saturated heterocycles. The fourth-order valence-electron chi connectivity index (χ4n) is 8.82. The van der Waals surface area contributed by atoms with Gasteiger partial charge in [0.25, 0.3) is 0 Å². The maximum atomic E-state index is 12.7. The minimum absolute atomic E-state index is 0.129. The Morgan fingerprint density at radius 3 is 1.02 bits per heavy atom. The molecule has 362 valence electrons. The first-order valence-corrected chi connectivity index (χ1v) is 27.5. The van der Waals surface area contributed by atoms with E-state index in [1.54, 1.807) is 0 Å². The minimum Gasteiger partial charge on any atom is -0.356 e. The van der Waals surface area contributed by atoms with Crippen molar-refractivity contribution in [2.75, 3.05) is 45.8 Å². The second kappa shape index (κ2) is 51.7. The van der Waals surface area contributed by atoms with Gasteiger partial charge in [0.1, 0.15) is 5.78 Å². The van der Waals surface area contributed by atoms with Crippen LogP contribution in [0, 0.1) is 22.7 Å². The van der Waals surface area contributed by atoms with Crippen LogP contribution in [0.5, 0.6) is 0 Å². The van der Waals surface area contributed by atoms with Gasteiger partial charge >= 0.3 is 0 Å². The van der Waals surface area contributed by atoms with Gasteiger partial charge in [0.15, 0.2) is 0 Å². The third-order valence-corrected chi connectivity index (χ3v) is 13.1. The predicted octanol–water partition coefficient (Wildman–Crippen LogP) is 15.7. The summed E-state index contributed by atoms with van der Waals surface area (Å²) in [7, 11) is 0. The number of Topliss-reactive ketones (excluding diaryl/α,β-unsaturated/α-hetero) is 1. The molecule has 0 aliphatic rings. The fourth-order valence-corrected chi connectivity index (χ4v) is 8.82. The molecule has 0 aliphatic heterocycles. The topological polar surface area (TPSA) is 100 Å². The summed E-state index contributed by atoms with van der Waals surface area (Å²) >= 11 is 0. The number of nitrogens with one attached hydrogen (secondary N) is 1. The lowest BCUT2D eigenvalue weighted by Crippen LogP contribution is -2.32. The molecule has 0 saturated carbocycles. The Kier molecular flexibility index (Phi) is 50.0. The van der Waals surface area contributed by atoms with Gasteiger partial charge in [0, 0.05) is 64.8 Å². The van der Waals surface area contributed by atoms with Gasteiger partial charge < -0.3 is 15.1 Å². The number of carbonyl (C=O) groups is 2. The number of nitriles is 2. The van der Waals surface area contributed by atoms with Crippen LogP contribution < -0.4 is 5.32 Å². The highest BCUT2D eigenvalue weighted by Crippen LogP contribution is 2.16. The number of hydrogen-bond acceptors (Lipinski definition) is 6. The second-order valence-corrected chi connectivity index (χ2v) is 19.0. The van der Waals surface area contributed by atoms with E-state index in [0.717, 1.165) is 77.8 Å². The lowest BCUT2D eigenvalue weighted by Gasteiger charge is -2.22. The molecule has 7 heteroatoms. The Hall–Kier alpha value is -1.96. The Bertz CT molecular complexity index is 942. The molecule has 0 heterocycles. The summed E-state index contributed by atoms with van der Waals surface area (Å²) in [5.74, 6) is 0.503. The standard InChI is InChI=1S/C55H105N5O2/c1-3-5-7-9-11-13-15-17-19-21-22-24-26-28-30-32-36-42-54(61)43-52-59(50-40-45-56)48-38-34-35-39-49-60(51-41-46-57)53-44-55(62)58-47-37-33-31-29-27-25-23-20-18-16-14-12-10-8-6-4-2/h3-44,47-53H2,1-2H3,(H,58,62). The van der Waals surface area contributed by atoms with E-state index in [4.69, 9.17) is 0 Å². The molecule has 0 rings (SSSR count). The molecule has 62 heavy (non-hydrogen) atoms. The van der Waals surface area contributed by atoms with Crippen LogP contribution in [0.1, 0.15) is 284 Å². The highest BCUT2D eigenvalue weighted by molar-refractivity contribution is 5.78. The summed E-state index contributed by atoms with van der Waals surface area (Å²) in [5, 5.41) is 21.5. The van der Waals surface area contributed by atoms with Crippen molar-refractivity contribution >= 4 is 11.7 Å². The van der Waals surface area contributed by atoms with Crippen LogP contribution in [0.2, 0.25) is 0 Å². The number of rotatable bonds is 52. The normalized spacial score (nSPS) is 11.4. The maximum Gasteiger partial charge on any atom is 0.221 e. The first-order chi connectivity index (χ1) is 30.6. The number of nitrogens with zero attached hydrogens (tertiary/aromatic N) is 4. The molecule has 0 spiro atoms. The molecule has 1 amide bonds. The third kappa shape index (κ3) is 47.5. The van der Waals surface area contributed by atoms with Crippen molar-refractivity contribution in [1.29, 1.82) is 10.5 Å². The van der Waals surface area contributed by atoms with Crippen LogP contribution in [-0.2, 0) is 9.59 Å². The summed E-state index contributed by atoms with van der Waals surface area (Å²) in [6, 6.07) is 4.56. The first kappa shape index (κ1) is 60.0. The predicted molar refractivity (Wildman–Crippen MR) is 267 cm³/mol. The van der Waals surface area contributed by atoms with Crippen LogP contribution in [0.4, 0.5) is 0 Å². The van der Waals surface area contributed by atoms with Gasteiger partial charge in [-0.05, 0) is 38.8 Å². The van der Waals surface area contributed by atoms with Crippen molar-refractivity contribution in [3.8, 4) is 12.1 Å². The van der Waals surface area contributed by atoms with E-state index in [1.165, 1.54) is 199 Å². The second-order valence-electron chi connectivity index (χ2n) is 19.0. The first-order valence-electron chi connectivity index (χ1n) is 27.5. The maximum absolute atomic E-state index is 12.7. The molecule has 0 fully saturated rings. The lowest BCUT2D eigenvalue weighted by molar-refractivity contribution is -0.121. The zero-order chi connectivity index (χ0) is 45.1. The van der Waals surface area contributed by atoms with Crippen LogP contribution >= 0.6 is 0 Å². The molecule has 0 aromatic carbocycles. The molecule has 0 aromatic rings. The van der Waals surface area contributed by atoms with Crippen molar-refractivity contribution in [2.45, 2.75) is 284 Å². The average Bonchev–Trinajstić information content (AvgIpc) is 3.28. The molecule has 0 aromatic heterocycles. The van der Waals surface area contributed by atoms with E-state index in [1.807, 2.05) is 0 Å². The Balaban J connectivity index is 3.89. The van der Waals surface area contributed by atoms with Crippen molar-refractivity contribution < 1.29 is 9.59 Å².